The van der Waals surface area contributed by atoms with Gasteiger partial charge in [-0.1, -0.05) is 24.8 Å². The van der Waals surface area contributed by atoms with Crippen molar-refractivity contribution in [1.82, 2.24) is 9.88 Å². The molecular weight excluding hydrogens is 348 g/mol. The molecule has 4 heteroatoms. The lowest BCUT2D eigenvalue weighted by atomic mass is 9.87. The number of likely N-dealkylation sites (tertiary alicyclic amines) is 1. The zero-order chi connectivity index (χ0) is 20.1. The minimum absolute atomic E-state index is 0.287. The van der Waals surface area contributed by atoms with Gasteiger partial charge in [-0.05, 0) is 62.6 Å². The van der Waals surface area contributed by atoms with Gasteiger partial charge in [-0.3, -0.25) is 4.90 Å². The number of piperidine rings is 1. The van der Waals surface area contributed by atoms with Crippen LogP contribution in [0.25, 0.3) is 10.9 Å². The van der Waals surface area contributed by atoms with Crippen LogP contribution in [0.5, 0.6) is 0 Å². The summed E-state index contributed by atoms with van der Waals surface area (Å²) >= 11 is 0. The molecule has 4 nitrogen and oxygen atoms in total. The van der Waals surface area contributed by atoms with Crippen LogP contribution in [0.1, 0.15) is 25.8 Å². The second kappa shape index (κ2) is 9.26. The van der Waals surface area contributed by atoms with E-state index in [-0.39, 0.29) is 6.04 Å². The molecule has 0 unspecified atom stereocenters. The topological polar surface area (TPSA) is 37.5 Å². The highest BCUT2D eigenvalue weighted by atomic mass is 16.5. The Balaban J connectivity index is 1.86. The van der Waals surface area contributed by atoms with E-state index in [9.17, 15) is 0 Å². The molecule has 1 saturated heterocycles. The molecule has 1 atom stereocenters. The lowest BCUT2D eigenvalue weighted by Crippen LogP contribution is -2.40. The number of hydrogen-bond donors (Lipinski definition) is 1. The number of nitrogens with one attached hydrogen (secondary N) is 1. The molecule has 0 spiro atoms. The van der Waals surface area contributed by atoms with E-state index in [2.05, 4.69) is 60.0 Å². The third-order valence-corrected chi connectivity index (χ3v) is 5.63. The number of rotatable bonds is 7. The Kier molecular flexibility index (Phi) is 6.76. The molecule has 28 heavy (non-hydrogen) atoms. The Hall–Kier alpha value is -2.30. The van der Waals surface area contributed by atoms with Crippen LogP contribution < -0.4 is 0 Å². The molecule has 0 aliphatic carbocycles. The fourth-order valence-electron chi connectivity index (χ4n) is 3.97. The summed E-state index contributed by atoms with van der Waals surface area (Å²) in [5.41, 5.74) is 6.12. The zero-order valence-corrected chi connectivity index (χ0v) is 17.5. The van der Waals surface area contributed by atoms with Gasteiger partial charge in [0, 0.05) is 42.4 Å². The number of aromatic nitrogens is 1. The minimum Gasteiger partial charge on any atom is -0.498 e. The van der Waals surface area contributed by atoms with E-state index in [0.717, 1.165) is 30.7 Å². The molecule has 0 radical (unpaired) electrons. The molecule has 1 aromatic carbocycles. The van der Waals surface area contributed by atoms with Gasteiger partial charge < -0.3 is 14.5 Å². The number of likely N-dealkylation sites (N-methyl/N-ethyl adjacent to an activating group) is 1. The van der Waals surface area contributed by atoms with E-state index in [0.29, 0.717) is 13.2 Å². The van der Waals surface area contributed by atoms with E-state index < -0.39 is 0 Å². The number of hydrogen-bond acceptors (Lipinski definition) is 3. The number of H-pyrrole nitrogens is 1. The van der Waals surface area contributed by atoms with E-state index in [1.807, 2.05) is 13.8 Å². The predicted molar refractivity (Wildman–Crippen MR) is 116 cm³/mol. The third kappa shape index (κ3) is 4.40. The van der Waals surface area contributed by atoms with Crippen molar-refractivity contribution in [1.29, 1.82) is 0 Å². The lowest BCUT2D eigenvalue weighted by molar-refractivity contribution is 0.200. The van der Waals surface area contributed by atoms with E-state index in [1.165, 1.54) is 27.6 Å². The first-order valence-electron chi connectivity index (χ1n) is 10.0. The Morgan fingerprint density at radius 3 is 2.89 bits per heavy atom. The van der Waals surface area contributed by atoms with Crippen LogP contribution in [0, 0.1) is 0 Å². The second-order valence-corrected chi connectivity index (χ2v) is 7.45. The van der Waals surface area contributed by atoms with Gasteiger partial charge in [0.2, 0.25) is 0 Å². The normalized spacial score (nSPS) is 20.6. The molecule has 0 bridgehead atoms. The van der Waals surface area contributed by atoms with Crippen LogP contribution in [0.4, 0.5) is 0 Å². The summed E-state index contributed by atoms with van der Waals surface area (Å²) in [5, 5.41) is 1.30. The standard InChI is InChI=1S/C24H32N2O2/c1-6-28-18(3)21(16-27-5)13-19-11-12-26(4)24(17(19)2)14-20-15-25-23-10-8-7-9-22(20)23/h7-10,13,15,24-25H,2,6,11-12,14,16H2,1,3-5H3/b19-13-,21-18-/t24-/m1/s1. The van der Waals surface area contributed by atoms with Crippen molar-refractivity contribution in [3.05, 3.63) is 71.2 Å². The SMILES string of the molecule is C=C1/C(=C\C(COC)=C(/C)OCC)CCN(C)[C@@H]1Cc1c[nH]c2ccccc12. The van der Waals surface area contributed by atoms with Gasteiger partial charge in [-0.25, -0.2) is 0 Å². The molecule has 1 N–H and O–H groups in total. The van der Waals surface area contributed by atoms with Crippen LogP contribution in [0.15, 0.2) is 65.6 Å². The number of para-hydroxylation sites is 1. The van der Waals surface area contributed by atoms with Gasteiger partial charge in [0.1, 0.15) is 0 Å². The Bertz CT molecular complexity index is 891. The predicted octanol–water partition coefficient (Wildman–Crippen LogP) is 4.85. The maximum atomic E-state index is 5.73. The highest BCUT2D eigenvalue weighted by molar-refractivity contribution is 5.83. The molecule has 0 saturated carbocycles. The van der Waals surface area contributed by atoms with Crippen LogP contribution in [0.2, 0.25) is 0 Å². The summed E-state index contributed by atoms with van der Waals surface area (Å²) < 4.78 is 11.1. The zero-order valence-electron chi connectivity index (χ0n) is 17.5. The molecule has 1 aliphatic rings. The quantitative estimate of drug-likeness (QED) is 0.698. The highest BCUT2D eigenvalue weighted by Crippen LogP contribution is 2.31. The number of benzene rings is 1. The first-order valence-corrected chi connectivity index (χ1v) is 10.0. The minimum atomic E-state index is 0.287. The third-order valence-electron chi connectivity index (χ3n) is 5.63. The summed E-state index contributed by atoms with van der Waals surface area (Å²) in [6.45, 7) is 10.7. The number of ether oxygens (including phenoxy) is 2. The molecule has 3 rings (SSSR count). The first-order chi connectivity index (χ1) is 13.5. The lowest BCUT2D eigenvalue weighted by Gasteiger charge is -2.36. The molecule has 1 aromatic heterocycles. The largest absolute Gasteiger partial charge is 0.498 e. The van der Waals surface area contributed by atoms with Crippen molar-refractivity contribution in [2.45, 2.75) is 32.7 Å². The molecule has 2 heterocycles. The van der Waals surface area contributed by atoms with Crippen molar-refractivity contribution in [2.75, 3.05) is 33.9 Å². The number of methoxy groups -OCH3 is 1. The monoisotopic (exact) mass is 380 g/mol. The summed E-state index contributed by atoms with van der Waals surface area (Å²) in [6, 6.07) is 8.77. The van der Waals surface area contributed by atoms with Crippen molar-refractivity contribution >= 4 is 10.9 Å². The van der Waals surface area contributed by atoms with Crippen molar-refractivity contribution in [3.8, 4) is 0 Å². The highest BCUT2D eigenvalue weighted by Gasteiger charge is 2.27. The van der Waals surface area contributed by atoms with E-state index >= 15 is 0 Å². The first kappa shape index (κ1) is 20.4. The van der Waals surface area contributed by atoms with E-state index in [4.69, 9.17) is 9.47 Å². The van der Waals surface area contributed by atoms with E-state index in [1.54, 1.807) is 7.11 Å². The maximum absolute atomic E-state index is 5.73. The van der Waals surface area contributed by atoms with Crippen LogP contribution >= 0.6 is 0 Å². The number of aromatic amines is 1. The number of allylic oxidation sites excluding steroid dienone is 1. The number of nitrogens with zero attached hydrogens (tertiary/aromatic N) is 1. The van der Waals surface area contributed by atoms with Crippen molar-refractivity contribution in [3.63, 3.8) is 0 Å². The molecule has 1 fully saturated rings. The number of fused-ring (bicyclic) bond motifs is 1. The Morgan fingerprint density at radius 1 is 1.36 bits per heavy atom. The fourth-order valence-corrected chi connectivity index (χ4v) is 3.97. The van der Waals surface area contributed by atoms with Gasteiger partial charge in [0.25, 0.3) is 0 Å². The molecule has 1 aliphatic heterocycles. The molecule has 0 amide bonds. The van der Waals surface area contributed by atoms with Gasteiger partial charge in [-0.15, -0.1) is 0 Å². The maximum Gasteiger partial charge on any atom is 0.0983 e. The fraction of sp³-hybridized carbons (Fsp3) is 0.417. The smallest absolute Gasteiger partial charge is 0.0983 e. The van der Waals surface area contributed by atoms with Crippen molar-refractivity contribution < 1.29 is 9.47 Å². The van der Waals surface area contributed by atoms with Crippen molar-refractivity contribution in [2.24, 2.45) is 0 Å². The summed E-state index contributed by atoms with van der Waals surface area (Å²) in [5.74, 6) is 0.928. The Labute approximate surface area is 168 Å². The summed E-state index contributed by atoms with van der Waals surface area (Å²) in [4.78, 5) is 5.81. The Morgan fingerprint density at radius 2 is 2.14 bits per heavy atom. The second-order valence-electron chi connectivity index (χ2n) is 7.45. The average molecular weight is 381 g/mol. The van der Waals surface area contributed by atoms with Crippen LogP contribution in [0.3, 0.4) is 0 Å². The van der Waals surface area contributed by atoms with Gasteiger partial charge in [-0.2, -0.15) is 0 Å². The van der Waals surface area contributed by atoms with Crippen LogP contribution in [-0.2, 0) is 15.9 Å². The summed E-state index contributed by atoms with van der Waals surface area (Å²) in [7, 11) is 3.92. The molecular formula is C24H32N2O2. The molecule has 2 aromatic rings. The van der Waals surface area contributed by atoms with Gasteiger partial charge >= 0.3 is 0 Å². The van der Waals surface area contributed by atoms with Gasteiger partial charge in [0.15, 0.2) is 0 Å². The molecule has 150 valence electrons. The van der Waals surface area contributed by atoms with Crippen LogP contribution in [-0.4, -0.2) is 49.8 Å². The summed E-state index contributed by atoms with van der Waals surface area (Å²) in [6.07, 6.45) is 6.31. The average Bonchev–Trinajstić information content (AvgIpc) is 3.10. The van der Waals surface area contributed by atoms with Gasteiger partial charge in [0.05, 0.1) is 19.0 Å².